The highest BCUT2D eigenvalue weighted by Gasteiger charge is 2.39. The first-order valence-electron chi connectivity index (χ1n) is 8.72. The molecule has 2 aromatic carbocycles. The normalized spacial score (nSPS) is 16.9. The van der Waals surface area contributed by atoms with Gasteiger partial charge in [0, 0.05) is 21.7 Å². The maximum absolute atomic E-state index is 12.6. The lowest BCUT2D eigenvalue weighted by Crippen LogP contribution is -2.31. The zero-order valence-corrected chi connectivity index (χ0v) is 15.0. The fourth-order valence-electron chi connectivity index (χ4n) is 3.44. The summed E-state index contributed by atoms with van der Waals surface area (Å²) in [7, 11) is 0. The molecule has 4 nitrogen and oxygen atoms in total. The predicted octanol–water partition coefficient (Wildman–Crippen LogP) is 4.66. The van der Waals surface area contributed by atoms with Crippen molar-refractivity contribution in [1.82, 2.24) is 0 Å². The Balaban J connectivity index is 1.47. The van der Waals surface area contributed by atoms with Gasteiger partial charge in [-0.3, -0.25) is 9.59 Å². The molecule has 2 amide bonds. The number of nitrogens with zero attached hydrogens (tertiary/aromatic N) is 1. The second-order valence-electron chi connectivity index (χ2n) is 6.48. The molecule has 0 N–H and O–H groups in total. The van der Waals surface area contributed by atoms with Crippen molar-refractivity contribution in [3.63, 3.8) is 0 Å². The van der Waals surface area contributed by atoms with Gasteiger partial charge in [-0.15, -0.1) is 0 Å². The van der Waals surface area contributed by atoms with E-state index in [4.69, 9.17) is 16.3 Å². The van der Waals surface area contributed by atoms with Gasteiger partial charge in [0.1, 0.15) is 12.4 Å². The monoisotopic (exact) mass is 367 g/mol. The van der Waals surface area contributed by atoms with Gasteiger partial charge < -0.3 is 4.74 Å². The lowest BCUT2D eigenvalue weighted by molar-refractivity contribution is -0.120. The molecule has 1 aliphatic carbocycles. The molecule has 132 valence electrons. The van der Waals surface area contributed by atoms with Crippen molar-refractivity contribution >= 4 is 29.1 Å². The van der Waals surface area contributed by atoms with Gasteiger partial charge in [-0.05, 0) is 56.0 Å². The van der Waals surface area contributed by atoms with E-state index in [9.17, 15) is 9.59 Å². The molecule has 0 bridgehead atoms. The minimum Gasteiger partial charge on any atom is -0.489 e. The first kappa shape index (κ1) is 16.9. The average Bonchev–Trinajstić information content (AvgIpc) is 2.93. The summed E-state index contributed by atoms with van der Waals surface area (Å²) in [5.74, 6) is 0.314. The summed E-state index contributed by atoms with van der Waals surface area (Å²) in [5.41, 5.74) is 2.88. The number of hydrogen-bond acceptors (Lipinski definition) is 3. The number of amides is 2. The molecule has 0 saturated carbocycles. The lowest BCUT2D eigenvalue weighted by Gasteiger charge is -2.16. The molecule has 0 unspecified atom stereocenters. The Morgan fingerprint density at radius 1 is 0.885 bits per heavy atom. The third-order valence-electron chi connectivity index (χ3n) is 4.84. The highest BCUT2D eigenvalue weighted by molar-refractivity contribution is 6.33. The van der Waals surface area contributed by atoms with Crippen LogP contribution in [0.15, 0.2) is 59.7 Å². The molecule has 0 radical (unpaired) electrons. The fourth-order valence-corrected chi connectivity index (χ4v) is 3.63. The molecule has 0 atom stereocenters. The van der Waals surface area contributed by atoms with Crippen LogP contribution in [0, 0.1) is 0 Å². The van der Waals surface area contributed by atoms with E-state index < -0.39 is 0 Å². The summed E-state index contributed by atoms with van der Waals surface area (Å²) in [6.45, 7) is 0.358. The van der Waals surface area contributed by atoms with Crippen molar-refractivity contribution in [3.05, 3.63) is 70.3 Å². The van der Waals surface area contributed by atoms with Crippen LogP contribution in [0.2, 0.25) is 5.02 Å². The molecule has 4 rings (SSSR count). The van der Waals surface area contributed by atoms with Gasteiger partial charge in [0.2, 0.25) is 0 Å². The third kappa shape index (κ3) is 3.01. The Hall–Kier alpha value is -2.59. The quantitative estimate of drug-likeness (QED) is 0.738. The van der Waals surface area contributed by atoms with E-state index >= 15 is 0 Å². The van der Waals surface area contributed by atoms with Crippen LogP contribution in [0.1, 0.15) is 31.2 Å². The van der Waals surface area contributed by atoms with Crippen molar-refractivity contribution in [2.24, 2.45) is 0 Å². The Kier molecular flexibility index (Phi) is 4.51. The average molecular weight is 368 g/mol. The largest absolute Gasteiger partial charge is 0.489 e. The summed E-state index contributed by atoms with van der Waals surface area (Å²) in [6.07, 6.45) is 3.35. The summed E-state index contributed by atoms with van der Waals surface area (Å²) >= 11 is 6.13. The molecule has 1 heterocycles. The number of halogens is 1. The Morgan fingerprint density at radius 2 is 1.50 bits per heavy atom. The predicted molar refractivity (Wildman–Crippen MR) is 100 cm³/mol. The minimum atomic E-state index is -0.172. The maximum Gasteiger partial charge on any atom is 0.261 e. The van der Waals surface area contributed by atoms with Crippen LogP contribution in [0.25, 0.3) is 0 Å². The number of anilines is 1. The van der Waals surface area contributed by atoms with Crippen LogP contribution >= 0.6 is 11.6 Å². The van der Waals surface area contributed by atoms with Crippen LogP contribution < -0.4 is 9.64 Å². The number of carbonyl (C=O) groups is 2. The first-order chi connectivity index (χ1) is 12.6. The van der Waals surface area contributed by atoms with E-state index in [0.29, 0.717) is 47.1 Å². The highest BCUT2D eigenvalue weighted by Crippen LogP contribution is 2.36. The number of benzene rings is 2. The zero-order chi connectivity index (χ0) is 18.1. The van der Waals surface area contributed by atoms with E-state index in [1.807, 2.05) is 24.3 Å². The molecule has 0 fully saturated rings. The zero-order valence-electron chi connectivity index (χ0n) is 14.2. The van der Waals surface area contributed by atoms with Crippen LogP contribution in [-0.2, 0) is 16.2 Å². The van der Waals surface area contributed by atoms with Gasteiger partial charge in [-0.2, -0.15) is 0 Å². The number of rotatable bonds is 4. The second kappa shape index (κ2) is 6.96. The van der Waals surface area contributed by atoms with E-state index in [1.165, 1.54) is 4.90 Å². The van der Waals surface area contributed by atoms with Gasteiger partial charge in [0.15, 0.2) is 0 Å². The van der Waals surface area contributed by atoms with Gasteiger partial charge >= 0.3 is 0 Å². The number of carbonyl (C=O) groups excluding carboxylic acids is 2. The Morgan fingerprint density at radius 3 is 2.12 bits per heavy atom. The molecular formula is C21H18ClNO3. The fraction of sp³-hybridized carbons (Fsp3) is 0.238. The number of ether oxygens (including phenoxy) is 1. The van der Waals surface area contributed by atoms with Gasteiger partial charge in [-0.1, -0.05) is 29.8 Å². The van der Waals surface area contributed by atoms with Crippen molar-refractivity contribution in [2.75, 3.05) is 4.90 Å². The van der Waals surface area contributed by atoms with Crippen LogP contribution in [-0.4, -0.2) is 11.8 Å². The first-order valence-corrected chi connectivity index (χ1v) is 9.10. The Labute approximate surface area is 157 Å². The molecule has 5 heteroatoms. The molecule has 2 aliphatic rings. The van der Waals surface area contributed by atoms with E-state index in [1.54, 1.807) is 24.3 Å². The standard InChI is InChI=1S/C21H18ClNO3/c22-19-8-4-1-5-14(19)13-26-16-11-9-15(10-12-16)23-20(24)17-6-2-3-7-18(17)21(23)25/h1,4-5,8-12H,2-3,6-7,13H2. The third-order valence-corrected chi connectivity index (χ3v) is 5.21. The second-order valence-corrected chi connectivity index (χ2v) is 6.89. The molecule has 26 heavy (non-hydrogen) atoms. The van der Waals surface area contributed by atoms with Crippen molar-refractivity contribution in [1.29, 1.82) is 0 Å². The Bertz CT molecular complexity index is 874. The van der Waals surface area contributed by atoms with Crippen molar-refractivity contribution in [3.8, 4) is 5.75 Å². The van der Waals surface area contributed by atoms with Crippen molar-refractivity contribution < 1.29 is 14.3 Å². The summed E-state index contributed by atoms with van der Waals surface area (Å²) in [6, 6.07) is 14.5. The van der Waals surface area contributed by atoms with E-state index in [2.05, 4.69) is 0 Å². The van der Waals surface area contributed by atoms with Crippen LogP contribution in [0.3, 0.4) is 0 Å². The summed E-state index contributed by atoms with van der Waals surface area (Å²) in [4.78, 5) is 26.5. The SMILES string of the molecule is O=C1C2=C(CCCC2)C(=O)N1c1ccc(OCc2ccccc2Cl)cc1. The maximum atomic E-state index is 12.6. The van der Waals surface area contributed by atoms with Gasteiger partial charge in [-0.25, -0.2) is 4.90 Å². The molecule has 0 saturated heterocycles. The van der Waals surface area contributed by atoms with Gasteiger partial charge in [0.25, 0.3) is 11.8 Å². The number of hydrogen-bond donors (Lipinski definition) is 0. The topological polar surface area (TPSA) is 46.6 Å². The highest BCUT2D eigenvalue weighted by atomic mass is 35.5. The van der Waals surface area contributed by atoms with Crippen molar-refractivity contribution in [2.45, 2.75) is 32.3 Å². The smallest absolute Gasteiger partial charge is 0.261 e. The minimum absolute atomic E-state index is 0.172. The molecule has 2 aromatic rings. The molecule has 1 aliphatic heterocycles. The van der Waals surface area contributed by atoms with Crippen LogP contribution in [0.5, 0.6) is 5.75 Å². The van der Waals surface area contributed by atoms with E-state index in [0.717, 1.165) is 18.4 Å². The van der Waals surface area contributed by atoms with Gasteiger partial charge in [0.05, 0.1) is 5.69 Å². The molecule has 0 spiro atoms. The summed E-state index contributed by atoms with van der Waals surface area (Å²) in [5, 5.41) is 0.661. The molecular weight excluding hydrogens is 350 g/mol. The van der Waals surface area contributed by atoms with E-state index in [-0.39, 0.29) is 11.8 Å². The summed E-state index contributed by atoms with van der Waals surface area (Å²) < 4.78 is 5.76. The number of imide groups is 1. The lowest BCUT2D eigenvalue weighted by atomic mass is 9.93. The molecule has 0 aromatic heterocycles. The van der Waals surface area contributed by atoms with Crippen LogP contribution in [0.4, 0.5) is 5.69 Å².